The van der Waals surface area contributed by atoms with Gasteiger partial charge in [0, 0.05) is 13.0 Å². The maximum Gasteiger partial charge on any atom is 0.220 e. The molecule has 0 radical (unpaired) electrons. The zero-order chi connectivity index (χ0) is 13.8. The minimum atomic E-state index is 0. The SMILES string of the molecule is Cl.O=C(CC1CCNC1)NCc1cccc2ccccc12. The third kappa shape index (κ3) is 3.96. The van der Waals surface area contributed by atoms with Crippen LogP contribution in [0.4, 0.5) is 0 Å². The summed E-state index contributed by atoms with van der Waals surface area (Å²) in [4.78, 5) is 12.0. The summed E-state index contributed by atoms with van der Waals surface area (Å²) in [6, 6.07) is 14.5. The molecule has 2 N–H and O–H groups in total. The van der Waals surface area contributed by atoms with E-state index >= 15 is 0 Å². The molecule has 2 aromatic rings. The highest BCUT2D eigenvalue weighted by Gasteiger charge is 2.17. The summed E-state index contributed by atoms with van der Waals surface area (Å²) in [6.07, 6.45) is 1.75. The summed E-state index contributed by atoms with van der Waals surface area (Å²) in [5.74, 6) is 0.661. The third-order valence-electron chi connectivity index (χ3n) is 3.99. The Morgan fingerprint density at radius 1 is 1.19 bits per heavy atom. The third-order valence-corrected chi connectivity index (χ3v) is 3.99. The lowest BCUT2D eigenvalue weighted by Gasteiger charge is -2.11. The highest BCUT2D eigenvalue weighted by atomic mass is 35.5. The fourth-order valence-electron chi connectivity index (χ4n) is 2.86. The molecule has 0 saturated carbocycles. The van der Waals surface area contributed by atoms with E-state index < -0.39 is 0 Å². The second-order valence-electron chi connectivity index (χ2n) is 5.48. The highest BCUT2D eigenvalue weighted by Crippen LogP contribution is 2.18. The molecule has 1 aliphatic rings. The van der Waals surface area contributed by atoms with Gasteiger partial charge in [-0.1, -0.05) is 42.5 Å². The van der Waals surface area contributed by atoms with E-state index in [0.717, 1.165) is 19.5 Å². The van der Waals surface area contributed by atoms with Gasteiger partial charge in [-0.25, -0.2) is 0 Å². The molecule has 1 unspecified atom stereocenters. The quantitative estimate of drug-likeness (QED) is 0.912. The molecule has 1 amide bonds. The number of benzene rings is 2. The van der Waals surface area contributed by atoms with E-state index in [1.165, 1.54) is 16.3 Å². The number of hydrogen-bond acceptors (Lipinski definition) is 2. The summed E-state index contributed by atoms with van der Waals surface area (Å²) < 4.78 is 0. The second kappa shape index (κ2) is 7.43. The van der Waals surface area contributed by atoms with E-state index in [1.807, 2.05) is 18.2 Å². The van der Waals surface area contributed by atoms with Crippen LogP contribution >= 0.6 is 12.4 Å². The van der Waals surface area contributed by atoms with Crippen LogP contribution in [0.3, 0.4) is 0 Å². The molecule has 0 aromatic heterocycles. The van der Waals surface area contributed by atoms with Crippen molar-refractivity contribution in [3.8, 4) is 0 Å². The average Bonchev–Trinajstić information content (AvgIpc) is 2.98. The average molecular weight is 305 g/mol. The van der Waals surface area contributed by atoms with E-state index in [2.05, 4.69) is 34.9 Å². The Hall–Kier alpha value is -1.58. The summed E-state index contributed by atoms with van der Waals surface area (Å²) >= 11 is 0. The highest BCUT2D eigenvalue weighted by molar-refractivity contribution is 5.86. The number of rotatable bonds is 4. The Morgan fingerprint density at radius 3 is 2.81 bits per heavy atom. The molecule has 3 nitrogen and oxygen atoms in total. The fraction of sp³-hybridized carbons (Fsp3) is 0.353. The minimum Gasteiger partial charge on any atom is -0.352 e. The van der Waals surface area contributed by atoms with E-state index in [-0.39, 0.29) is 18.3 Å². The van der Waals surface area contributed by atoms with Gasteiger partial charge in [0.15, 0.2) is 0 Å². The van der Waals surface area contributed by atoms with Crippen LogP contribution in [0.2, 0.25) is 0 Å². The maximum atomic E-state index is 12.0. The van der Waals surface area contributed by atoms with Crippen molar-refractivity contribution in [3.05, 3.63) is 48.0 Å². The second-order valence-corrected chi connectivity index (χ2v) is 5.48. The van der Waals surface area contributed by atoms with Gasteiger partial charge in [-0.2, -0.15) is 0 Å². The molecule has 0 spiro atoms. The molecule has 1 saturated heterocycles. The molecule has 1 heterocycles. The van der Waals surface area contributed by atoms with Gasteiger partial charge in [-0.3, -0.25) is 4.79 Å². The zero-order valence-corrected chi connectivity index (χ0v) is 12.8. The molecular formula is C17H21ClN2O. The van der Waals surface area contributed by atoms with Gasteiger partial charge in [0.2, 0.25) is 5.91 Å². The lowest BCUT2D eigenvalue weighted by atomic mass is 10.0. The monoisotopic (exact) mass is 304 g/mol. The van der Waals surface area contributed by atoms with Crippen molar-refractivity contribution in [2.45, 2.75) is 19.4 Å². The molecule has 2 aromatic carbocycles. The van der Waals surface area contributed by atoms with Gasteiger partial charge in [-0.15, -0.1) is 12.4 Å². The predicted molar refractivity (Wildman–Crippen MR) is 88.6 cm³/mol. The van der Waals surface area contributed by atoms with Crippen LogP contribution in [-0.2, 0) is 11.3 Å². The molecule has 1 aliphatic heterocycles. The summed E-state index contributed by atoms with van der Waals surface area (Å²) in [7, 11) is 0. The molecule has 112 valence electrons. The maximum absolute atomic E-state index is 12.0. The molecule has 0 bridgehead atoms. The first-order chi connectivity index (χ1) is 9.83. The summed E-state index contributed by atoms with van der Waals surface area (Å²) in [5, 5.41) is 8.79. The van der Waals surface area contributed by atoms with Crippen molar-refractivity contribution in [3.63, 3.8) is 0 Å². The standard InChI is InChI=1S/C17H20N2O.ClH/c20-17(10-13-8-9-18-11-13)19-12-15-6-3-5-14-4-1-2-7-16(14)15;/h1-7,13,18H,8-12H2,(H,19,20);1H. The summed E-state index contributed by atoms with van der Waals surface area (Å²) in [5.41, 5.74) is 1.18. The lowest BCUT2D eigenvalue weighted by Crippen LogP contribution is -2.25. The van der Waals surface area contributed by atoms with Gasteiger partial charge in [0.1, 0.15) is 0 Å². The Kier molecular flexibility index (Phi) is 5.59. The lowest BCUT2D eigenvalue weighted by molar-refractivity contribution is -0.122. The Labute approximate surface area is 131 Å². The van der Waals surface area contributed by atoms with Crippen LogP contribution in [0.15, 0.2) is 42.5 Å². The predicted octanol–water partition coefficient (Wildman–Crippen LogP) is 2.88. The van der Waals surface area contributed by atoms with Gasteiger partial charge in [-0.05, 0) is 41.8 Å². The van der Waals surface area contributed by atoms with Crippen LogP contribution < -0.4 is 10.6 Å². The van der Waals surface area contributed by atoms with Crippen LogP contribution in [0.1, 0.15) is 18.4 Å². The van der Waals surface area contributed by atoms with Crippen molar-refractivity contribution < 1.29 is 4.79 Å². The Morgan fingerprint density at radius 2 is 2.00 bits per heavy atom. The van der Waals surface area contributed by atoms with Crippen molar-refractivity contribution >= 4 is 29.1 Å². The normalized spacial score (nSPS) is 17.4. The number of hydrogen-bond donors (Lipinski definition) is 2. The number of amides is 1. The molecule has 1 fully saturated rings. The van der Waals surface area contributed by atoms with Crippen LogP contribution in [0.25, 0.3) is 10.8 Å². The topological polar surface area (TPSA) is 41.1 Å². The van der Waals surface area contributed by atoms with Crippen LogP contribution in [0, 0.1) is 5.92 Å². The van der Waals surface area contributed by atoms with Crippen LogP contribution in [-0.4, -0.2) is 19.0 Å². The van der Waals surface area contributed by atoms with E-state index in [4.69, 9.17) is 0 Å². The van der Waals surface area contributed by atoms with Gasteiger partial charge >= 0.3 is 0 Å². The van der Waals surface area contributed by atoms with Crippen molar-refractivity contribution in [1.82, 2.24) is 10.6 Å². The number of carbonyl (C=O) groups is 1. The summed E-state index contributed by atoms with van der Waals surface area (Å²) in [6.45, 7) is 2.63. The Bertz CT molecular complexity index is 603. The number of halogens is 1. The number of nitrogens with one attached hydrogen (secondary N) is 2. The minimum absolute atomic E-state index is 0. The molecular weight excluding hydrogens is 284 g/mol. The van der Waals surface area contributed by atoms with Gasteiger partial charge in [0.25, 0.3) is 0 Å². The van der Waals surface area contributed by atoms with Gasteiger partial charge in [0.05, 0.1) is 0 Å². The van der Waals surface area contributed by atoms with E-state index in [0.29, 0.717) is 18.9 Å². The first kappa shape index (κ1) is 15.8. The zero-order valence-electron chi connectivity index (χ0n) is 12.0. The van der Waals surface area contributed by atoms with Crippen LogP contribution in [0.5, 0.6) is 0 Å². The van der Waals surface area contributed by atoms with Crippen molar-refractivity contribution in [1.29, 1.82) is 0 Å². The van der Waals surface area contributed by atoms with Crippen molar-refractivity contribution in [2.24, 2.45) is 5.92 Å². The largest absolute Gasteiger partial charge is 0.352 e. The van der Waals surface area contributed by atoms with Crippen molar-refractivity contribution in [2.75, 3.05) is 13.1 Å². The first-order valence-corrected chi connectivity index (χ1v) is 7.27. The molecule has 1 atom stereocenters. The van der Waals surface area contributed by atoms with E-state index in [1.54, 1.807) is 0 Å². The smallest absolute Gasteiger partial charge is 0.220 e. The number of carbonyl (C=O) groups excluding carboxylic acids is 1. The first-order valence-electron chi connectivity index (χ1n) is 7.27. The molecule has 3 rings (SSSR count). The number of fused-ring (bicyclic) bond motifs is 1. The molecule has 21 heavy (non-hydrogen) atoms. The van der Waals surface area contributed by atoms with E-state index in [9.17, 15) is 4.79 Å². The van der Waals surface area contributed by atoms with Gasteiger partial charge < -0.3 is 10.6 Å². The molecule has 4 heteroatoms. The fourth-order valence-corrected chi connectivity index (χ4v) is 2.86. The molecule has 0 aliphatic carbocycles. The Balaban J connectivity index is 0.00000161.